The number of nitrogens with two attached hydrogens (primary N) is 1. The van der Waals surface area contributed by atoms with E-state index in [1.165, 1.54) is 0 Å². The third kappa shape index (κ3) is 4.53. The molecule has 1 heterocycles. The largest absolute Gasteiger partial charge is 0.370 e. The second kappa shape index (κ2) is 6.53. The summed E-state index contributed by atoms with van der Waals surface area (Å²) in [6.07, 6.45) is 2.73. The van der Waals surface area contributed by atoms with Crippen molar-refractivity contribution in [2.75, 3.05) is 6.54 Å². The Morgan fingerprint density at radius 2 is 2.44 bits per heavy atom. The highest BCUT2D eigenvalue weighted by atomic mass is 16.1. The number of hydrogen-bond acceptors (Lipinski definition) is 4. The van der Waals surface area contributed by atoms with Crippen LogP contribution in [0.1, 0.15) is 24.1 Å². The number of pyridine rings is 1. The number of rotatable bonds is 6. The minimum absolute atomic E-state index is 0.280. The van der Waals surface area contributed by atoms with Crippen molar-refractivity contribution >= 4 is 5.91 Å². The Hall–Kier alpha value is -1.93. The van der Waals surface area contributed by atoms with Crippen LogP contribution in [0.15, 0.2) is 18.3 Å². The van der Waals surface area contributed by atoms with E-state index >= 15 is 0 Å². The summed E-state index contributed by atoms with van der Waals surface area (Å²) in [4.78, 5) is 14.3. The molecule has 1 aromatic rings. The van der Waals surface area contributed by atoms with E-state index < -0.39 is 0 Å². The van der Waals surface area contributed by atoms with Crippen molar-refractivity contribution in [3.8, 4) is 6.07 Å². The van der Waals surface area contributed by atoms with Crippen LogP contribution in [0, 0.1) is 11.3 Å². The maximum absolute atomic E-state index is 10.5. The topological polar surface area (TPSA) is 91.8 Å². The van der Waals surface area contributed by atoms with Gasteiger partial charge in [-0.1, -0.05) is 0 Å². The summed E-state index contributed by atoms with van der Waals surface area (Å²) in [6, 6.07) is 5.57. The lowest BCUT2D eigenvalue weighted by atomic mass is 10.2. The van der Waals surface area contributed by atoms with Crippen LogP contribution >= 0.6 is 0 Å². The molecular formula is C11H14N4O. The van der Waals surface area contributed by atoms with Crippen molar-refractivity contribution in [3.63, 3.8) is 0 Å². The zero-order valence-electron chi connectivity index (χ0n) is 8.94. The molecule has 0 saturated heterocycles. The van der Waals surface area contributed by atoms with Crippen LogP contribution < -0.4 is 11.1 Å². The Balaban J connectivity index is 2.27. The third-order valence-corrected chi connectivity index (χ3v) is 2.04. The van der Waals surface area contributed by atoms with E-state index in [9.17, 15) is 4.79 Å². The summed E-state index contributed by atoms with van der Waals surface area (Å²) in [5.74, 6) is -0.280. The van der Waals surface area contributed by atoms with Crippen LogP contribution in [-0.2, 0) is 11.3 Å². The molecular weight excluding hydrogens is 204 g/mol. The van der Waals surface area contributed by atoms with Gasteiger partial charge in [-0.25, -0.2) is 4.98 Å². The van der Waals surface area contributed by atoms with Crippen LogP contribution in [0.5, 0.6) is 0 Å². The van der Waals surface area contributed by atoms with E-state index in [2.05, 4.69) is 10.3 Å². The molecule has 0 fully saturated rings. The number of nitriles is 1. The lowest BCUT2D eigenvalue weighted by Gasteiger charge is -2.03. The zero-order chi connectivity index (χ0) is 11.8. The van der Waals surface area contributed by atoms with E-state index in [-0.39, 0.29) is 5.91 Å². The molecule has 16 heavy (non-hydrogen) atoms. The average molecular weight is 218 g/mol. The number of hydrogen-bond donors (Lipinski definition) is 2. The van der Waals surface area contributed by atoms with Gasteiger partial charge in [0.2, 0.25) is 5.91 Å². The maximum Gasteiger partial charge on any atom is 0.217 e. The second-order valence-electron chi connectivity index (χ2n) is 3.41. The standard InChI is InChI=1S/C11H14N4O/c12-7-10-6-9(3-5-15-10)8-14-4-1-2-11(13)16/h3,5-6,14H,1-2,4,8H2,(H2,13,16). The molecule has 1 amide bonds. The highest BCUT2D eigenvalue weighted by Crippen LogP contribution is 2.00. The van der Waals surface area contributed by atoms with Gasteiger partial charge in [0.15, 0.2) is 0 Å². The molecule has 0 aliphatic heterocycles. The molecule has 0 unspecified atom stereocenters. The van der Waals surface area contributed by atoms with Crippen molar-refractivity contribution in [1.82, 2.24) is 10.3 Å². The molecule has 3 N–H and O–H groups in total. The Kier molecular flexibility index (Phi) is 4.96. The monoisotopic (exact) mass is 218 g/mol. The van der Waals surface area contributed by atoms with Crippen molar-refractivity contribution in [2.24, 2.45) is 5.73 Å². The Labute approximate surface area is 94.3 Å². The fourth-order valence-electron chi connectivity index (χ4n) is 1.27. The molecule has 1 aromatic heterocycles. The molecule has 0 atom stereocenters. The fourth-order valence-corrected chi connectivity index (χ4v) is 1.27. The second-order valence-corrected chi connectivity index (χ2v) is 3.41. The van der Waals surface area contributed by atoms with Crippen LogP contribution in [0.2, 0.25) is 0 Å². The van der Waals surface area contributed by atoms with Gasteiger partial charge >= 0.3 is 0 Å². The van der Waals surface area contributed by atoms with Gasteiger partial charge in [-0.3, -0.25) is 4.79 Å². The van der Waals surface area contributed by atoms with Gasteiger partial charge in [-0.2, -0.15) is 5.26 Å². The van der Waals surface area contributed by atoms with Crippen molar-refractivity contribution < 1.29 is 4.79 Å². The first-order valence-corrected chi connectivity index (χ1v) is 5.06. The summed E-state index contributed by atoms with van der Waals surface area (Å²) in [5.41, 5.74) is 6.43. The SMILES string of the molecule is N#Cc1cc(CNCCCC(N)=O)ccn1. The number of carbonyl (C=O) groups excluding carboxylic acids is 1. The number of amides is 1. The summed E-state index contributed by atoms with van der Waals surface area (Å²) in [5, 5.41) is 11.8. The predicted octanol–water partition coefficient (Wildman–Crippen LogP) is 0.308. The molecule has 0 aromatic carbocycles. The van der Waals surface area contributed by atoms with E-state index in [0.717, 1.165) is 18.5 Å². The molecule has 1 rings (SSSR count). The van der Waals surface area contributed by atoms with Crippen molar-refractivity contribution in [3.05, 3.63) is 29.6 Å². The molecule has 0 saturated carbocycles. The zero-order valence-corrected chi connectivity index (χ0v) is 8.94. The van der Waals surface area contributed by atoms with Crippen LogP contribution in [0.3, 0.4) is 0 Å². The first kappa shape index (κ1) is 12.1. The van der Waals surface area contributed by atoms with Gasteiger partial charge in [0.25, 0.3) is 0 Å². The molecule has 0 radical (unpaired) electrons. The molecule has 5 heteroatoms. The molecule has 0 aliphatic carbocycles. The van der Waals surface area contributed by atoms with E-state index in [0.29, 0.717) is 18.7 Å². The number of nitrogens with zero attached hydrogens (tertiary/aromatic N) is 2. The lowest BCUT2D eigenvalue weighted by molar-refractivity contribution is -0.118. The summed E-state index contributed by atoms with van der Waals surface area (Å²) in [6.45, 7) is 1.39. The smallest absolute Gasteiger partial charge is 0.217 e. The minimum Gasteiger partial charge on any atom is -0.370 e. The molecule has 0 spiro atoms. The Morgan fingerprint density at radius 1 is 1.62 bits per heavy atom. The van der Waals surface area contributed by atoms with Crippen LogP contribution in [0.25, 0.3) is 0 Å². The van der Waals surface area contributed by atoms with Crippen molar-refractivity contribution in [1.29, 1.82) is 5.26 Å². The normalized spacial score (nSPS) is 9.69. The molecule has 0 aliphatic rings. The van der Waals surface area contributed by atoms with E-state index in [1.54, 1.807) is 12.3 Å². The summed E-state index contributed by atoms with van der Waals surface area (Å²) in [7, 11) is 0. The molecule has 5 nitrogen and oxygen atoms in total. The molecule has 84 valence electrons. The van der Waals surface area contributed by atoms with E-state index in [1.807, 2.05) is 12.1 Å². The lowest BCUT2D eigenvalue weighted by Crippen LogP contribution is -2.18. The maximum atomic E-state index is 10.5. The van der Waals surface area contributed by atoms with Gasteiger partial charge in [-0.15, -0.1) is 0 Å². The average Bonchev–Trinajstić information content (AvgIpc) is 2.28. The number of primary amides is 1. The Bertz CT molecular complexity index is 397. The predicted molar refractivity (Wildman–Crippen MR) is 59.1 cm³/mol. The van der Waals surface area contributed by atoms with Crippen molar-refractivity contribution in [2.45, 2.75) is 19.4 Å². The quantitative estimate of drug-likeness (QED) is 0.672. The number of nitrogens with one attached hydrogen (secondary N) is 1. The summed E-state index contributed by atoms with van der Waals surface area (Å²) < 4.78 is 0. The van der Waals surface area contributed by atoms with E-state index in [4.69, 9.17) is 11.0 Å². The van der Waals surface area contributed by atoms with Crippen LogP contribution in [0.4, 0.5) is 0 Å². The van der Waals surface area contributed by atoms with Gasteiger partial charge in [0, 0.05) is 19.2 Å². The fraction of sp³-hybridized carbons (Fsp3) is 0.364. The van der Waals surface area contributed by atoms with Gasteiger partial charge in [0.05, 0.1) is 0 Å². The highest BCUT2D eigenvalue weighted by Gasteiger charge is 1.97. The Morgan fingerprint density at radius 3 is 3.12 bits per heavy atom. The van der Waals surface area contributed by atoms with Gasteiger partial charge < -0.3 is 11.1 Å². The van der Waals surface area contributed by atoms with Crippen LogP contribution in [-0.4, -0.2) is 17.4 Å². The highest BCUT2D eigenvalue weighted by molar-refractivity contribution is 5.73. The number of aromatic nitrogens is 1. The van der Waals surface area contributed by atoms with Gasteiger partial charge in [0.1, 0.15) is 11.8 Å². The minimum atomic E-state index is -0.280. The molecule has 0 bridgehead atoms. The first-order chi connectivity index (χ1) is 7.72. The van der Waals surface area contributed by atoms with Gasteiger partial charge in [-0.05, 0) is 30.7 Å². The summed E-state index contributed by atoms with van der Waals surface area (Å²) >= 11 is 0. The third-order valence-electron chi connectivity index (χ3n) is 2.04. The number of carbonyl (C=O) groups is 1. The first-order valence-electron chi connectivity index (χ1n) is 5.06.